The van der Waals surface area contributed by atoms with Crippen LogP contribution >= 0.6 is 0 Å². The Hall–Kier alpha value is -1.31. The number of carbonyl (C=O) groups is 1. The third kappa shape index (κ3) is 3.84. The topological polar surface area (TPSA) is 37.3 Å². The molecule has 0 amide bonds. The third-order valence-corrected chi connectivity index (χ3v) is 4.87. The minimum absolute atomic E-state index is 0.0419. The van der Waals surface area contributed by atoms with E-state index in [1.165, 1.54) is 36.0 Å². The average molecular weight is 274 g/mol. The molecule has 2 rings (SSSR count). The highest BCUT2D eigenvalue weighted by atomic mass is 16.4. The van der Waals surface area contributed by atoms with Crippen LogP contribution in [-0.2, 0) is 11.2 Å². The lowest BCUT2D eigenvalue weighted by molar-refractivity contribution is -0.140. The molecule has 1 aromatic rings. The molecule has 0 spiro atoms. The van der Waals surface area contributed by atoms with E-state index in [1.54, 1.807) is 0 Å². The van der Waals surface area contributed by atoms with E-state index in [-0.39, 0.29) is 5.41 Å². The summed E-state index contributed by atoms with van der Waals surface area (Å²) in [5, 5.41) is 9.23. The van der Waals surface area contributed by atoms with E-state index in [0.29, 0.717) is 6.42 Å². The van der Waals surface area contributed by atoms with Crippen molar-refractivity contribution in [3.8, 4) is 0 Å². The Morgan fingerprint density at radius 2 is 1.90 bits per heavy atom. The van der Waals surface area contributed by atoms with Gasteiger partial charge in [-0.2, -0.15) is 0 Å². The van der Waals surface area contributed by atoms with Crippen molar-refractivity contribution < 1.29 is 9.90 Å². The quantitative estimate of drug-likeness (QED) is 0.847. The second kappa shape index (κ2) is 6.43. The van der Waals surface area contributed by atoms with Gasteiger partial charge >= 0.3 is 5.97 Å². The fourth-order valence-electron chi connectivity index (χ4n) is 3.61. The van der Waals surface area contributed by atoms with Crippen LogP contribution < -0.4 is 0 Å². The molecule has 0 aliphatic heterocycles. The first-order valence-corrected chi connectivity index (χ1v) is 7.79. The second-order valence-electron chi connectivity index (χ2n) is 6.56. The Morgan fingerprint density at radius 3 is 2.55 bits per heavy atom. The van der Waals surface area contributed by atoms with Gasteiger partial charge < -0.3 is 5.11 Å². The lowest BCUT2D eigenvalue weighted by Gasteiger charge is -2.36. The largest absolute Gasteiger partial charge is 0.481 e. The van der Waals surface area contributed by atoms with Gasteiger partial charge in [-0.25, -0.2) is 0 Å². The van der Waals surface area contributed by atoms with Crippen molar-refractivity contribution in [2.45, 2.75) is 65.2 Å². The average Bonchev–Trinajstić information content (AvgIpc) is 2.40. The predicted octanol–water partition coefficient (Wildman–Crippen LogP) is 4.66. The van der Waals surface area contributed by atoms with Crippen LogP contribution in [0.1, 0.15) is 61.6 Å². The van der Waals surface area contributed by atoms with E-state index in [9.17, 15) is 9.90 Å². The molecule has 0 atom stereocenters. The molecule has 1 aliphatic carbocycles. The summed E-state index contributed by atoms with van der Waals surface area (Å²) in [6, 6.07) is 6.58. The first kappa shape index (κ1) is 15.1. The van der Waals surface area contributed by atoms with E-state index in [2.05, 4.69) is 32.0 Å². The number of hydrogen-bond acceptors (Lipinski definition) is 1. The number of carboxylic acids is 1. The van der Waals surface area contributed by atoms with Crippen molar-refractivity contribution in [2.75, 3.05) is 0 Å². The molecule has 0 bridgehead atoms. The molecule has 1 N–H and O–H groups in total. The van der Waals surface area contributed by atoms with Crippen LogP contribution in [0.2, 0.25) is 0 Å². The van der Waals surface area contributed by atoms with E-state index in [1.807, 2.05) is 0 Å². The molecule has 1 aliphatic rings. The molecule has 0 unspecified atom stereocenters. The van der Waals surface area contributed by atoms with Crippen LogP contribution in [0.3, 0.4) is 0 Å². The van der Waals surface area contributed by atoms with Crippen molar-refractivity contribution in [2.24, 2.45) is 5.41 Å². The van der Waals surface area contributed by atoms with Crippen LogP contribution in [0.15, 0.2) is 18.2 Å². The van der Waals surface area contributed by atoms with Crippen LogP contribution in [0.25, 0.3) is 0 Å². The van der Waals surface area contributed by atoms with Gasteiger partial charge in [0.05, 0.1) is 6.42 Å². The van der Waals surface area contributed by atoms with Crippen molar-refractivity contribution >= 4 is 5.97 Å². The van der Waals surface area contributed by atoms with Gasteiger partial charge in [0.15, 0.2) is 0 Å². The number of aryl methyl sites for hydroxylation is 3. The monoisotopic (exact) mass is 274 g/mol. The predicted molar refractivity (Wildman–Crippen MR) is 82.0 cm³/mol. The standard InChI is InChI=1S/C18H26O2/c1-14-6-7-15(2)16(12-14)8-11-18(13-17(19)20)9-4-3-5-10-18/h6-7,12H,3-5,8-11,13H2,1-2H3,(H,19,20). The van der Waals surface area contributed by atoms with Crippen molar-refractivity contribution in [3.05, 3.63) is 34.9 Å². The summed E-state index contributed by atoms with van der Waals surface area (Å²) in [7, 11) is 0. The smallest absolute Gasteiger partial charge is 0.303 e. The summed E-state index contributed by atoms with van der Waals surface area (Å²) in [6.07, 6.45) is 8.21. The third-order valence-electron chi connectivity index (χ3n) is 4.87. The van der Waals surface area contributed by atoms with Gasteiger partial charge in [-0.3, -0.25) is 4.79 Å². The molecule has 0 saturated heterocycles. The normalized spacial score (nSPS) is 17.9. The highest BCUT2D eigenvalue weighted by Gasteiger charge is 2.33. The molecule has 1 aromatic carbocycles. The fourth-order valence-corrected chi connectivity index (χ4v) is 3.61. The Bertz CT molecular complexity index is 470. The molecule has 1 fully saturated rings. The Kier molecular flexibility index (Phi) is 4.85. The van der Waals surface area contributed by atoms with Crippen LogP contribution in [-0.4, -0.2) is 11.1 Å². The number of aliphatic carboxylic acids is 1. The van der Waals surface area contributed by atoms with Crippen molar-refractivity contribution in [3.63, 3.8) is 0 Å². The maximum Gasteiger partial charge on any atom is 0.303 e. The van der Waals surface area contributed by atoms with Gasteiger partial charge in [-0.15, -0.1) is 0 Å². The summed E-state index contributed by atoms with van der Waals surface area (Å²) in [4.78, 5) is 11.2. The molecule has 20 heavy (non-hydrogen) atoms. The van der Waals surface area contributed by atoms with Crippen LogP contribution in [0.4, 0.5) is 0 Å². The van der Waals surface area contributed by atoms with Gasteiger partial charge in [0, 0.05) is 0 Å². The first-order valence-electron chi connectivity index (χ1n) is 7.79. The maximum atomic E-state index is 11.2. The highest BCUT2D eigenvalue weighted by Crippen LogP contribution is 2.43. The molecule has 2 nitrogen and oxygen atoms in total. The van der Waals surface area contributed by atoms with Gasteiger partial charge in [-0.05, 0) is 56.1 Å². The molecule has 2 heteroatoms. The van der Waals surface area contributed by atoms with E-state index in [0.717, 1.165) is 25.7 Å². The molecule has 0 aromatic heterocycles. The summed E-state index contributed by atoms with van der Waals surface area (Å²) in [5.74, 6) is -0.632. The number of benzene rings is 1. The Labute approximate surface area is 122 Å². The minimum Gasteiger partial charge on any atom is -0.481 e. The lowest BCUT2D eigenvalue weighted by Crippen LogP contribution is -2.28. The van der Waals surface area contributed by atoms with Gasteiger partial charge in [0.25, 0.3) is 0 Å². The summed E-state index contributed by atoms with van der Waals surface area (Å²) in [6.45, 7) is 4.27. The molecule has 110 valence electrons. The highest BCUT2D eigenvalue weighted by molar-refractivity contribution is 5.67. The number of hydrogen-bond donors (Lipinski definition) is 1. The molecular weight excluding hydrogens is 248 g/mol. The van der Waals surface area contributed by atoms with Gasteiger partial charge in [0.2, 0.25) is 0 Å². The first-order chi connectivity index (χ1) is 9.51. The second-order valence-corrected chi connectivity index (χ2v) is 6.56. The fraction of sp³-hybridized carbons (Fsp3) is 0.611. The number of carboxylic acid groups (broad SMARTS) is 1. The van der Waals surface area contributed by atoms with Crippen LogP contribution in [0.5, 0.6) is 0 Å². The maximum absolute atomic E-state index is 11.2. The van der Waals surface area contributed by atoms with Crippen LogP contribution in [0, 0.1) is 19.3 Å². The molecular formula is C18H26O2. The van der Waals surface area contributed by atoms with Gasteiger partial charge in [-0.1, -0.05) is 43.0 Å². The zero-order valence-electron chi connectivity index (χ0n) is 12.7. The summed E-state index contributed by atoms with van der Waals surface area (Å²) < 4.78 is 0. The Balaban J connectivity index is 2.08. The SMILES string of the molecule is Cc1ccc(C)c(CCC2(CC(=O)O)CCCCC2)c1. The van der Waals surface area contributed by atoms with E-state index < -0.39 is 5.97 Å². The zero-order chi connectivity index (χ0) is 14.6. The summed E-state index contributed by atoms with van der Waals surface area (Å²) in [5.41, 5.74) is 4.05. The molecule has 0 radical (unpaired) electrons. The van der Waals surface area contributed by atoms with Crippen molar-refractivity contribution in [1.82, 2.24) is 0 Å². The summed E-state index contributed by atoms with van der Waals surface area (Å²) >= 11 is 0. The zero-order valence-corrected chi connectivity index (χ0v) is 12.7. The lowest BCUT2D eigenvalue weighted by atomic mass is 9.68. The minimum atomic E-state index is -0.632. The van der Waals surface area contributed by atoms with E-state index >= 15 is 0 Å². The molecule has 1 saturated carbocycles. The van der Waals surface area contributed by atoms with Gasteiger partial charge in [0.1, 0.15) is 0 Å². The van der Waals surface area contributed by atoms with Crippen molar-refractivity contribution in [1.29, 1.82) is 0 Å². The van der Waals surface area contributed by atoms with E-state index in [4.69, 9.17) is 0 Å². The Morgan fingerprint density at radius 1 is 1.20 bits per heavy atom. The number of rotatable bonds is 5. The molecule has 0 heterocycles.